The van der Waals surface area contributed by atoms with Gasteiger partial charge in [-0.15, -0.1) is 11.3 Å². The Bertz CT molecular complexity index is 678. The van der Waals surface area contributed by atoms with Crippen molar-refractivity contribution in [3.63, 3.8) is 0 Å². The molecule has 0 bridgehead atoms. The summed E-state index contributed by atoms with van der Waals surface area (Å²) >= 11 is 1.55. The van der Waals surface area contributed by atoms with Crippen LogP contribution in [-0.4, -0.2) is 34.8 Å². The molecule has 0 amide bonds. The van der Waals surface area contributed by atoms with Crippen LogP contribution in [0.4, 0.5) is 0 Å². The smallest absolute Gasteiger partial charge is 0.340 e. The van der Waals surface area contributed by atoms with Crippen LogP contribution >= 0.6 is 11.3 Å². The number of carbonyl (C=O) groups excluding carboxylic acids is 1. The van der Waals surface area contributed by atoms with E-state index < -0.39 is 0 Å². The standard InChI is InChI=1S/C17H22N2O3S/c1-11-10-13(12(2)19(11)17-18-8-9-23-17)16(20)22-15-7-5-4-6-14(15)21-3/h8-10,14-15H,4-7H2,1-3H3/t14-,15+/m1/s1. The average Bonchev–Trinajstić information content (AvgIpc) is 3.15. The molecule has 124 valence electrons. The van der Waals surface area contributed by atoms with Gasteiger partial charge in [0.25, 0.3) is 0 Å². The fourth-order valence-electron chi connectivity index (χ4n) is 3.26. The summed E-state index contributed by atoms with van der Waals surface area (Å²) in [6.07, 6.45) is 5.66. The molecular weight excluding hydrogens is 312 g/mol. The topological polar surface area (TPSA) is 53.4 Å². The maximum Gasteiger partial charge on any atom is 0.340 e. The maximum atomic E-state index is 12.6. The van der Waals surface area contributed by atoms with Crippen molar-refractivity contribution in [1.82, 2.24) is 9.55 Å². The molecule has 1 saturated carbocycles. The average molecular weight is 334 g/mol. The fraction of sp³-hybridized carbons (Fsp3) is 0.529. The Balaban J connectivity index is 1.82. The fourth-order valence-corrected chi connectivity index (χ4v) is 4.01. The highest BCUT2D eigenvalue weighted by Gasteiger charge is 2.30. The van der Waals surface area contributed by atoms with Gasteiger partial charge in [0.05, 0.1) is 11.7 Å². The van der Waals surface area contributed by atoms with Crippen molar-refractivity contribution in [2.45, 2.75) is 51.7 Å². The van der Waals surface area contributed by atoms with E-state index in [0.29, 0.717) is 5.56 Å². The molecule has 0 spiro atoms. The summed E-state index contributed by atoms with van der Waals surface area (Å²) < 4.78 is 13.2. The number of hydrogen-bond donors (Lipinski definition) is 0. The first-order chi connectivity index (χ1) is 11.1. The predicted octanol–water partition coefficient (Wildman–Crippen LogP) is 3.67. The first-order valence-electron chi connectivity index (χ1n) is 7.94. The summed E-state index contributed by atoms with van der Waals surface area (Å²) in [7, 11) is 1.69. The summed E-state index contributed by atoms with van der Waals surface area (Å²) in [5.41, 5.74) is 2.46. The van der Waals surface area contributed by atoms with Gasteiger partial charge in [-0.25, -0.2) is 9.78 Å². The minimum absolute atomic E-state index is 0.00940. The number of rotatable bonds is 4. The van der Waals surface area contributed by atoms with Gasteiger partial charge in [-0.3, -0.25) is 4.57 Å². The zero-order valence-electron chi connectivity index (χ0n) is 13.7. The number of nitrogens with zero attached hydrogens (tertiary/aromatic N) is 2. The van der Waals surface area contributed by atoms with Gasteiger partial charge in [0, 0.05) is 30.1 Å². The third kappa shape index (κ3) is 3.19. The number of carbonyl (C=O) groups is 1. The van der Waals surface area contributed by atoms with Crippen LogP contribution in [0.3, 0.4) is 0 Å². The highest BCUT2D eigenvalue weighted by Crippen LogP contribution is 2.27. The second-order valence-corrected chi connectivity index (χ2v) is 6.81. The Kier molecular flexibility index (Phi) is 4.82. The first kappa shape index (κ1) is 16.2. The molecule has 6 heteroatoms. The van der Waals surface area contributed by atoms with Gasteiger partial charge < -0.3 is 9.47 Å². The van der Waals surface area contributed by atoms with E-state index in [0.717, 1.165) is 42.2 Å². The van der Waals surface area contributed by atoms with Crippen LogP contribution in [0.15, 0.2) is 17.6 Å². The molecule has 0 aliphatic heterocycles. The van der Waals surface area contributed by atoms with Crippen molar-refractivity contribution < 1.29 is 14.3 Å². The summed E-state index contributed by atoms with van der Waals surface area (Å²) in [6.45, 7) is 3.91. The maximum absolute atomic E-state index is 12.6. The Labute approximate surface area is 140 Å². The second-order valence-electron chi connectivity index (χ2n) is 5.94. The lowest BCUT2D eigenvalue weighted by atomic mass is 9.94. The van der Waals surface area contributed by atoms with Crippen LogP contribution in [0.25, 0.3) is 5.13 Å². The molecule has 23 heavy (non-hydrogen) atoms. The molecule has 2 aromatic rings. The Morgan fingerprint density at radius 2 is 2.04 bits per heavy atom. The van der Waals surface area contributed by atoms with E-state index in [4.69, 9.17) is 9.47 Å². The van der Waals surface area contributed by atoms with Gasteiger partial charge in [-0.2, -0.15) is 0 Å². The van der Waals surface area contributed by atoms with Crippen LogP contribution in [0.5, 0.6) is 0 Å². The lowest BCUT2D eigenvalue weighted by Gasteiger charge is -2.29. The molecule has 1 aliphatic carbocycles. The van der Waals surface area contributed by atoms with Crippen molar-refractivity contribution in [2.24, 2.45) is 0 Å². The van der Waals surface area contributed by atoms with E-state index in [1.807, 2.05) is 29.9 Å². The second kappa shape index (κ2) is 6.84. The Morgan fingerprint density at radius 1 is 1.30 bits per heavy atom. The largest absolute Gasteiger partial charge is 0.456 e. The number of aryl methyl sites for hydroxylation is 1. The summed E-state index contributed by atoms with van der Waals surface area (Å²) in [5.74, 6) is -0.269. The highest BCUT2D eigenvalue weighted by atomic mass is 32.1. The van der Waals surface area contributed by atoms with Gasteiger partial charge in [-0.1, -0.05) is 6.42 Å². The molecule has 0 radical (unpaired) electrons. The number of thiazole rings is 1. The van der Waals surface area contributed by atoms with Crippen molar-refractivity contribution in [2.75, 3.05) is 7.11 Å². The van der Waals surface area contributed by atoms with E-state index >= 15 is 0 Å². The zero-order valence-corrected chi connectivity index (χ0v) is 14.6. The number of hydrogen-bond acceptors (Lipinski definition) is 5. The Morgan fingerprint density at radius 3 is 2.70 bits per heavy atom. The number of methoxy groups -OCH3 is 1. The molecule has 1 aliphatic rings. The minimum Gasteiger partial charge on any atom is -0.456 e. The number of aromatic nitrogens is 2. The van der Waals surface area contributed by atoms with Gasteiger partial charge >= 0.3 is 5.97 Å². The molecular formula is C17H22N2O3S. The highest BCUT2D eigenvalue weighted by molar-refractivity contribution is 7.12. The van der Waals surface area contributed by atoms with Crippen molar-refractivity contribution >= 4 is 17.3 Å². The molecule has 5 nitrogen and oxygen atoms in total. The van der Waals surface area contributed by atoms with Gasteiger partial charge in [0.2, 0.25) is 0 Å². The molecule has 2 heterocycles. The van der Waals surface area contributed by atoms with E-state index in [9.17, 15) is 4.79 Å². The third-order valence-electron chi connectivity index (χ3n) is 4.46. The number of esters is 1. The van der Waals surface area contributed by atoms with Crippen LogP contribution in [0.1, 0.15) is 47.4 Å². The summed E-state index contributed by atoms with van der Waals surface area (Å²) in [5, 5.41) is 2.80. The van der Waals surface area contributed by atoms with Gasteiger partial charge in [0.1, 0.15) is 6.10 Å². The molecule has 0 N–H and O–H groups in total. The minimum atomic E-state index is -0.269. The molecule has 0 aromatic carbocycles. The van der Waals surface area contributed by atoms with Gasteiger partial charge in [0.15, 0.2) is 5.13 Å². The molecule has 3 rings (SSSR count). The molecule has 0 unspecified atom stereocenters. The van der Waals surface area contributed by atoms with Crippen LogP contribution in [0.2, 0.25) is 0 Å². The van der Waals surface area contributed by atoms with E-state index in [1.165, 1.54) is 0 Å². The molecule has 0 saturated heterocycles. The summed E-state index contributed by atoms with van der Waals surface area (Å²) in [4.78, 5) is 17.0. The van der Waals surface area contributed by atoms with E-state index in [2.05, 4.69) is 4.98 Å². The van der Waals surface area contributed by atoms with Crippen molar-refractivity contribution in [3.05, 3.63) is 34.6 Å². The Hall–Kier alpha value is -1.66. The lowest BCUT2D eigenvalue weighted by Crippen LogP contribution is -2.35. The zero-order chi connectivity index (χ0) is 16.4. The molecule has 1 fully saturated rings. The number of ether oxygens (including phenoxy) is 2. The van der Waals surface area contributed by atoms with Crippen molar-refractivity contribution in [3.8, 4) is 5.13 Å². The van der Waals surface area contributed by atoms with Gasteiger partial charge in [-0.05, 0) is 39.2 Å². The van der Waals surface area contributed by atoms with Crippen LogP contribution in [-0.2, 0) is 9.47 Å². The first-order valence-corrected chi connectivity index (χ1v) is 8.82. The quantitative estimate of drug-likeness (QED) is 0.801. The predicted molar refractivity (Wildman–Crippen MR) is 89.4 cm³/mol. The summed E-state index contributed by atoms with van der Waals surface area (Å²) in [6, 6.07) is 1.88. The SMILES string of the molecule is CO[C@@H]1CCCC[C@@H]1OC(=O)c1cc(C)n(-c2nccs2)c1C. The van der Waals surface area contributed by atoms with Crippen LogP contribution in [0, 0.1) is 13.8 Å². The van der Waals surface area contributed by atoms with Crippen molar-refractivity contribution in [1.29, 1.82) is 0 Å². The van der Waals surface area contributed by atoms with E-state index in [1.54, 1.807) is 24.6 Å². The molecule has 2 atom stereocenters. The third-order valence-corrected chi connectivity index (χ3v) is 5.22. The van der Waals surface area contributed by atoms with Crippen LogP contribution < -0.4 is 0 Å². The lowest BCUT2D eigenvalue weighted by molar-refractivity contribution is -0.0539. The van der Waals surface area contributed by atoms with E-state index in [-0.39, 0.29) is 18.2 Å². The monoisotopic (exact) mass is 334 g/mol. The normalized spacial score (nSPS) is 21.3. The molecule has 2 aromatic heterocycles.